The summed E-state index contributed by atoms with van der Waals surface area (Å²) in [6, 6.07) is 21.5. The summed E-state index contributed by atoms with van der Waals surface area (Å²) in [5.74, 6) is 3.85. The van der Waals surface area contributed by atoms with Gasteiger partial charge >= 0.3 is 0 Å². The van der Waals surface area contributed by atoms with Crippen LogP contribution >= 0.6 is 0 Å². The Hall–Kier alpha value is -4.84. The molecule has 0 unspecified atom stereocenters. The SMILES string of the molecule is COc1ccc([C@@H](O)[C@@H](C)Oc2ccc([C@H]3O[C@H](c4ccc(O[C@H](C)[C@H](O)c5ccc6c(c5)OCO6)c(OC)c4)[C@H](C)[C@H]3C)cc2OC)cc1O. The van der Waals surface area contributed by atoms with Gasteiger partial charge in [0.1, 0.15) is 24.4 Å². The highest BCUT2D eigenvalue weighted by Crippen LogP contribution is 2.51. The van der Waals surface area contributed by atoms with Gasteiger partial charge in [-0.25, -0.2) is 0 Å². The molecule has 51 heavy (non-hydrogen) atoms. The first-order valence-electron chi connectivity index (χ1n) is 17.0. The first-order valence-corrected chi connectivity index (χ1v) is 17.0. The summed E-state index contributed by atoms with van der Waals surface area (Å²) in [5.41, 5.74) is 3.04. The fraction of sp³-hybridized carbons (Fsp3) is 0.400. The lowest BCUT2D eigenvalue weighted by atomic mass is 9.85. The Morgan fingerprint density at radius 1 is 0.588 bits per heavy atom. The van der Waals surface area contributed by atoms with E-state index in [1.807, 2.05) is 36.4 Å². The number of fused-ring (bicyclic) bond motifs is 1. The molecule has 8 atom stereocenters. The van der Waals surface area contributed by atoms with E-state index in [9.17, 15) is 15.3 Å². The molecule has 272 valence electrons. The highest BCUT2D eigenvalue weighted by molar-refractivity contribution is 5.48. The maximum atomic E-state index is 11.0. The van der Waals surface area contributed by atoms with E-state index in [-0.39, 0.29) is 36.6 Å². The van der Waals surface area contributed by atoms with Crippen molar-refractivity contribution in [1.29, 1.82) is 0 Å². The highest BCUT2D eigenvalue weighted by atomic mass is 16.7. The monoisotopic (exact) mass is 702 g/mol. The van der Waals surface area contributed by atoms with Gasteiger partial charge in [0.25, 0.3) is 0 Å². The summed E-state index contributed by atoms with van der Waals surface area (Å²) >= 11 is 0. The third-order valence-electron chi connectivity index (χ3n) is 9.91. The molecule has 11 nitrogen and oxygen atoms in total. The number of hydrogen-bond donors (Lipinski definition) is 3. The number of ether oxygens (including phenoxy) is 8. The van der Waals surface area contributed by atoms with Crippen molar-refractivity contribution in [3.8, 4) is 46.0 Å². The second-order valence-electron chi connectivity index (χ2n) is 13.1. The minimum atomic E-state index is -1.01. The molecule has 0 spiro atoms. The molecule has 11 heteroatoms. The Balaban J connectivity index is 1.14. The van der Waals surface area contributed by atoms with Crippen molar-refractivity contribution in [2.24, 2.45) is 11.8 Å². The molecule has 2 heterocycles. The van der Waals surface area contributed by atoms with Gasteiger partial charge in [-0.2, -0.15) is 0 Å². The van der Waals surface area contributed by atoms with Crippen molar-refractivity contribution in [3.05, 3.63) is 95.1 Å². The number of phenols is 1. The normalized spacial score (nSPS) is 21.7. The molecule has 0 bridgehead atoms. The third-order valence-corrected chi connectivity index (χ3v) is 9.91. The smallest absolute Gasteiger partial charge is 0.231 e. The highest BCUT2D eigenvalue weighted by Gasteiger charge is 2.41. The van der Waals surface area contributed by atoms with Gasteiger partial charge in [-0.15, -0.1) is 0 Å². The molecule has 2 aliphatic heterocycles. The van der Waals surface area contributed by atoms with Crippen LogP contribution in [-0.2, 0) is 4.74 Å². The lowest BCUT2D eigenvalue weighted by Gasteiger charge is -2.24. The molecule has 1 saturated heterocycles. The fourth-order valence-corrected chi connectivity index (χ4v) is 6.70. The van der Waals surface area contributed by atoms with Crippen LogP contribution < -0.4 is 33.2 Å². The maximum absolute atomic E-state index is 11.0. The minimum Gasteiger partial charge on any atom is -0.504 e. The third kappa shape index (κ3) is 7.33. The maximum Gasteiger partial charge on any atom is 0.231 e. The van der Waals surface area contributed by atoms with Crippen LogP contribution in [0.4, 0.5) is 0 Å². The average molecular weight is 703 g/mol. The quantitative estimate of drug-likeness (QED) is 0.130. The predicted molar refractivity (Wildman–Crippen MR) is 188 cm³/mol. The lowest BCUT2D eigenvalue weighted by molar-refractivity contribution is 0.0281. The summed E-state index contributed by atoms with van der Waals surface area (Å²) in [6.45, 7) is 8.06. The standard InChI is InChI=1S/C40H46O11/c1-21-22(2)40(28-11-15-33(35(19-28)46-7)50-24(4)38(43)26-9-13-31-36(17-26)48-20-47-31)51-39(21)27-10-14-32(34(18-27)45-6)49-23(3)37(42)25-8-12-30(44-5)29(41)16-25/h8-19,21-24,37-43H,20H2,1-7H3/t21-,22-,23-,24-,37+,38+,39+,40+/m1/s1. The Labute approximate surface area is 298 Å². The molecular formula is C40H46O11. The largest absolute Gasteiger partial charge is 0.504 e. The average Bonchev–Trinajstić information content (AvgIpc) is 3.74. The number of aliphatic hydroxyl groups is 2. The Morgan fingerprint density at radius 2 is 1.06 bits per heavy atom. The molecule has 0 saturated carbocycles. The number of methoxy groups -OCH3 is 3. The van der Waals surface area contributed by atoms with Crippen molar-refractivity contribution in [3.63, 3.8) is 0 Å². The molecule has 0 amide bonds. The van der Waals surface area contributed by atoms with Crippen LogP contribution in [0.15, 0.2) is 72.8 Å². The summed E-state index contributed by atoms with van der Waals surface area (Å²) in [6.07, 6.45) is -3.60. The second kappa shape index (κ2) is 15.2. The van der Waals surface area contributed by atoms with E-state index in [2.05, 4.69) is 13.8 Å². The van der Waals surface area contributed by atoms with Gasteiger partial charge in [0.05, 0.1) is 33.5 Å². The molecule has 4 aromatic rings. The van der Waals surface area contributed by atoms with Crippen LogP contribution in [0.3, 0.4) is 0 Å². The first-order chi connectivity index (χ1) is 24.5. The van der Waals surface area contributed by atoms with Crippen molar-refractivity contribution in [1.82, 2.24) is 0 Å². The van der Waals surface area contributed by atoms with Crippen LogP contribution in [0.1, 0.15) is 74.4 Å². The van der Waals surface area contributed by atoms with Crippen molar-refractivity contribution in [2.45, 2.75) is 64.3 Å². The van der Waals surface area contributed by atoms with Crippen LogP contribution in [0, 0.1) is 11.8 Å². The molecule has 2 aliphatic rings. The molecule has 6 rings (SSSR count). The van der Waals surface area contributed by atoms with Crippen LogP contribution in [0.5, 0.6) is 46.0 Å². The zero-order valence-electron chi connectivity index (χ0n) is 29.9. The van der Waals surface area contributed by atoms with Gasteiger partial charge in [0.15, 0.2) is 46.0 Å². The van der Waals surface area contributed by atoms with Gasteiger partial charge < -0.3 is 53.2 Å². The topological polar surface area (TPSA) is 135 Å². The van der Waals surface area contributed by atoms with E-state index in [0.29, 0.717) is 51.4 Å². The number of phenolic OH excluding ortho intramolecular Hbond substituents is 1. The lowest BCUT2D eigenvalue weighted by Crippen LogP contribution is -2.22. The van der Waals surface area contributed by atoms with Crippen LogP contribution in [0.2, 0.25) is 0 Å². The number of hydrogen-bond acceptors (Lipinski definition) is 11. The molecule has 1 fully saturated rings. The number of rotatable bonds is 13. The first kappa shape index (κ1) is 36.0. The van der Waals surface area contributed by atoms with Gasteiger partial charge in [-0.05, 0) is 96.5 Å². The molecule has 4 aromatic carbocycles. The molecular weight excluding hydrogens is 656 g/mol. The molecule has 0 aliphatic carbocycles. The van der Waals surface area contributed by atoms with Crippen molar-refractivity contribution < 1.29 is 53.2 Å². The van der Waals surface area contributed by atoms with E-state index < -0.39 is 24.4 Å². The van der Waals surface area contributed by atoms with E-state index >= 15 is 0 Å². The van der Waals surface area contributed by atoms with Crippen molar-refractivity contribution >= 4 is 0 Å². The summed E-state index contributed by atoms with van der Waals surface area (Å²) < 4.78 is 46.5. The van der Waals surface area contributed by atoms with Crippen molar-refractivity contribution in [2.75, 3.05) is 28.1 Å². The van der Waals surface area contributed by atoms with E-state index in [1.165, 1.54) is 13.2 Å². The van der Waals surface area contributed by atoms with E-state index in [1.54, 1.807) is 58.4 Å². The van der Waals surface area contributed by atoms with Gasteiger partial charge in [-0.1, -0.05) is 38.1 Å². The zero-order chi connectivity index (χ0) is 36.4. The van der Waals surface area contributed by atoms with E-state index in [4.69, 9.17) is 37.9 Å². The summed E-state index contributed by atoms with van der Waals surface area (Å²) in [4.78, 5) is 0. The molecule has 0 radical (unpaired) electrons. The minimum absolute atomic E-state index is 0.0626. The van der Waals surface area contributed by atoms with E-state index in [0.717, 1.165) is 11.1 Å². The summed E-state index contributed by atoms with van der Waals surface area (Å²) in [7, 11) is 4.63. The van der Waals surface area contributed by atoms with Gasteiger partial charge in [-0.3, -0.25) is 0 Å². The Bertz CT molecular complexity index is 1830. The Morgan fingerprint density at radius 3 is 1.57 bits per heavy atom. The van der Waals surface area contributed by atoms with Gasteiger partial charge in [0, 0.05) is 0 Å². The van der Waals surface area contributed by atoms with Crippen LogP contribution in [-0.4, -0.2) is 55.6 Å². The van der Waals surface area contributed by atoms with Crippen LogP contribution in [0.25, 0.3) is 0 Å². The van der Waals surface area contributed by atoms with Gasteiger partial charge in [0.2, 0.25) is 6.79 Å². The number of aliphatic hydroxyl groups excluding tert-OH is 2. The second-order valence-corrected chi connectivity index (χ2v) is 13.1. The number of benzene rings is 4. The zero-order valence-corrected chi connectivity index (χ0v) is 29.9. The molecule has 0 aromatic heterocycles. The molecule has 3 N–H and O–H groups in total. The Kier molecular flexibility index (Phi) is 10.7. The fourth-order valence-electron chi connectivity index (χ4n) is 6.70. The summed E-state index contributed by atoms with van der Waals surface area (Å²) in [5, 5.41) is 32.2. The number of aromatic hydroxyl groups is 1. The predicted octanol–water partition coefficient (Wildman–Crippen LogP) is 7.23.